The van der Waals surface area contributed by atoms with E-state index in [1.54, 1.807) is 18.2 Å². The summed E-state index contributed by atoms with van der Waals surface area (Å²) in [6.45, 7) is 5.50. The van der Waals surface area contributed by atoms with Crippen LogP contribution in [0.4, 0.5) is 0 Å². The number of ether oxygens (including phenoxy) is 4. The lowest BCUT2D eigenvalue weighted by atomic mass is 10.2. The summed E-state index contributed by atoms with van der Waals surface area (Å²) in [5.74, 6) is 1.50. The van der Waals surface area contributed by atoms with Gasteiger partial charge in [0.1, 0.15) is 13.2 Å². The van der Waals surface area contributed by atoms with Crippen LogP contribution in [-0.2, 0) is 4.79 Å². The minimum atomic E-state index is -1.00. The smallest absolute Gasteiger partial charge is 0.328 e. The van der Waals surface area contributed by atoms with E-state index >= 15 is 0 Å². The van der Waals surface area contributed by atoms with Crippen molar-refractivity contribution in [1.82, 2.24) is 0 Å². The van der Waals surface area contributed by atoms with Crippen LogP contribution in [0.15, 0.2) is 48.5 Å². The van der Waals surface area contributed by atoms with E-state index in [2.05, 4.69) is 0 Å². The van der Waals surface area contributed by atoms with Crippen LogP contribution in [0.5, 0.6) is 23.0 Å². The molecular formula is C21H24O6. The SMILES string of the molecule is CCOc1ccccc1OCCOc1ccc(C=CC(=O)O)cc1OCC. The molecule has 0 aromatic heterocycles. The van der Waals surface area contributed by atoms with Crippen LogP contribution in [0.3, 0.4) is 0 Å². The Bertz CT molecular complexity index is 769. The third kappa shape index (κ3) is 6.58. The normalized spacial score (nSPS) is 10.6. The molecule has 6 heteroatoms. The second-order valence-corrected chi connectivity index (χ2v) is 5.39. The molecule has 2 aromatic rings. The van der Waals surface area contributed by atoms with Gasteiger partial charge in [0, 0.05) is 6.08 Å². The molecule has 0 radical (unpaired) electrons. The fourth-order valence-corrected chi connectivity index (χ4v) is 2.33. The Morgan fingerprint density at radius 1 is 0.852 bits per heavy atom. The molecule has 27 heavy (non-hydrogen) atoms. The van der Waals surface area contributed by atoms with Gasteiger partial charge in [-0.2, -0.15) is 0 Å². The molecule has 6 nitrogen and oxygen atoms in total. The Morgan fingerprint density at radius 3 is 2.00 bits per heavy atom. The summed E-state index contributed by atoms with van der Waals surface area (Å²) in [5, 5.41) is 8.73. The largest absolute Gasteiger partial charge is 0.490 e. The van der Waals surface area contributed by atoms with Gasteiger partial charge in [0.2, 0.25) is 0 Å². The Kier molecular flexibility index (Phi) is 8.03. The average Bonchev–Trinajstić information content (AvgIpc) is 2.66. The fraction of sp³-hybridized carbons (Fsp3) is 0.286. The van der Waals surface area contributed by atoms with Crippen LogP contribution < -0.4 is 18.9 Å². The van der Waals surface area contributed by atoms with Gasteiger partial charge in [0.25, 0.3) is 0 Å². The highest BCUT2D eigenvalue weighted by molar-refractivity contribution is 5.85. The highest BCUT2D eigenvalue weighted by Crippen LogP contribution is 2.29. The molecule has 144 valence electrons. The zero-order valence-corrected chi connectivity index (χ0v) is 15.5. The maximum Gasteiger partial charge on any atom is 0.328 e. The molecule has 2 rings (SSSR count). The summed E-state index contributed by atoms with van der Waals surface area (Å²) >= 11 is 0. The van der Waals surface area contributed by atoms with Crippen molar-refractivity contribution in [2.75, 3.05) is 26.4 Å². The van der Waals surface area contributed by atoms with Crippen molar-refractivity contribution in [2.45, 2.75) is 13.8 Å². The summed E-state index contributed by atoms with van der Waals surface area (Å²) in [7, 11) is 0. The van der Waals surface area contributed by atoms with E-state index in [1.807, 2.05) is 38.1 Å². The maximum absolute atomic E-state index is 10.6. The van der Waals surface area contributed by atoms with Crippen molar-refractivity contribution in [1.29, 1.82) is 0 Å². The van der Waals surface area contributed by atoms with Gasteiger partial charge in [0.15, 0.2) is 23.0 Å². The minimum absolute atomic E-state index is 0.324. The number of hydrogen-bond acceptors (Lipinski definition) is 5. The maximum atomic E-state index is 10.6. The number of carbonyl (C=O) groups is 1. The third-order valence-electron chi connectivity index (χ3n) is 3.43. The number of para-hydroxylation sites is 2. The monoisotopic (exact) mass is 372 g/mol. The summed E-state index contributed by atoms with van der Waals surface area (Å²) < 4.78 is 22.6. The predicted octanol–water partition coefficient (Wildman–Crippen LogP) is 4.04. The van der Waals surface area contributed by atoms with Gasteiger partial charge >= 0.3 is 5.97 Å². The van der Waals surface area contributed by atoms with Crippen molar-refractivity contribution < 1.29 is 28.8 Å². The molecule has 0 unspecified atom stereocenters. The number of rotatable bonds is 11. The van der Waals surface area contributed by atoms with Crippen LogP contribution in [0.25, 0.3) is 6.08 Å². The first kappa shape index (κ1) is 20.2. The molecule has 0 heterocycles. The van der Waals surface area contributed by atoms with Crippen molar-refractivity contribution in [3.05, 3.63) is 54.1 Å². The molecule has 2 aromatic carbocycles. The standard InChI is InChI=1S/C21H24O6/c1-3-24-17-7-5-6-8-18(17)26-13-14-27-19-11-9-16(10-12-21(22)23)15-20(19)25-4-2/h5-12,15H,3-4,13-14H2,1-2H3,(H,22,23). The van der Waals surface area contributed by atoms with Gasteiger partial charge in [-0.3, -0.25) is 0 Å². The highest BCUT2D eigenvalue weighted by atomic mass is 16.6. The average molecular weight is 372 g/mol. The van der Waals surface area contributed by atoms with Crippen molar-refractivity contribution in [2.24, 2.45) is 0 Å². The fourth-order valence-electron chi connectivity index (χ4n) is 2.33. The van der Waals surface area contributed by atoms with Crippen molar-refractivity contribution in [3.8, 4) is 23.0 Å². The molecule has 0 aliphatic rings. The topological polar surface area (TPSA) is 74.2 Å². The summed E-state index contributed by atoms with van der Waals surface area (Å²) in [6.07, 6.45) is 2.58. The number of benzene rings is 2. The van der Waals surface area contributed by atoms with Gasteiger partial charge in [-0.1, -0.05) is 18.2 Å². The summed E-state index contributed by atoms with van der Waals surface area (Å²) in [4.78, 5) is 10.6. The highest BCUT2D eigenvalue weighted by Gasteiger charge is 2.07. The first-order valence-corrected chi connectivity index (χ1v) is 8.79. The molecule has 0 saturated carbocycles. The lowest BCUT2D eigenvalue weighted by Crippen LogP contribution is -2.10. The van der Waals surface area contributed by atoms with Gasteiger partial charge < -0.3 is 24.1 Å². The molecule has 0 saturated heterocycles. The second-order valence-electron chi connectivity index (χ2n) is 5.39. The lowest BCUT2D eigenvalue weighted by molar-refractivity contribution is -0.131. The van der Waals surface area contributed by atoms with Crippen LogP contribution in [-0.4, -0.2) is 37.5 Å². The second kappa shape index (κ2) is 10.8. The molecule has 0 aliphatic carbocycles. The van der Waals surface area contributed by atoms with Crippen molar-refractivity contribution >= 4 is 12.0 Å². The van der Waals surface area contributed by atoms with E-state index in [9.17, 15) is 4.79 Å². The Balaban J connectivity index is 1.96. The Labute approximate surface area is 158 Å². The van der Waals surface area contributed by atoms with E-state index in [0.717, 1.165) is 11.6 Å². The Morgan fingerprint density at radius 2 is 1.41 bits per heavy atom. The zero-order valence-electron chi connectivity index (χ0n) is 15.5. The molecule has 1 N–H and O–H groups in total. The van der Waals surface area contributed by atoms with Crippen LogP contribution >= 0.6 is 0 Å². The first-order valence-electron chi connectivity index (χ1n) is 8.79. The summed E-state index contributed by atoms with van der Waals surface area (Å²) in [6, 6.07) is 12.7. The molecule has 0 bridgehead atoms. The molecule has 0 fully saturated rings. The number of carboxylic acid groups (broad SMARTS) is 1. The molecule has 0 aliphatic heterocycles. The van der Waals surface area contributed by atoms with Crippen molar-refractivity contribution in [3.63, 3.8) is 0 Å². The Hall–Kier alpha value is -3.15. The van der Waals surface area contributed by atoms with Gasteiger partial charge in [-0.25, -0.2) is 4.79 Å². The van der Waals surface area contributed by atoms with Crippen LogP contribution in [0.1, 0.15) is 19.4 Å². The lowest BCUT2D eigenvalue weighted by Gasteiger charge is -2.14. The third-order valence-corrected chi connectivity index (χ3v) is 3.43. The summed E-state index contributed by atoms with van der Waals surface area (Å²) in [5.41, 5.74) is 0.718. The predicted molar refractivity (Wildman–Crippen MR) is 103 cm³/mol. The molecule has 0 atom stereocenters. The van der Waals surface area contributed by atoms with E-state index in [-0.39, 0.29) is 0 Å². The molecule has 0 spiro atoms. The van der Waals surface area contributed by atoms with Crippen LogP contribution in [0, 0.1) is 0 Å². The van der Waals surface area contributed by atoms with Gasteiger partial charge in [-0.15, -0.1) is 0 Å². The van der Waals surface area contributed by atoms with E-state index in [4.69, 9.17) is 24.1 Å². The molecular weight excluding hydrogens is 348 g/mol. The van der Waals surface area contributed by atoms with Gasteiger partial charge in [-0.05, 0) is 49.8 Å². The molecule has 0 amide bonds. The van der Waals surface area contributed by atoms with Gasteiger partial charge in [0.05, 0.1) is 13.2 Å². The van der Waals surface area contributed by atoms with E-state index in [1.165, 1.54) is 6.08 Å². The zero-order chi connectivity index (χ0) is 19.5. The first-order chi connectivity index (χ1) is 13.1. The number of aliphatic carboxylic acids is 1. The van der Waals surface area contributed by atoms with Crippen LogP contribution in [0.2, 0.25) is 0 Å². The van der Waals surface area contributed by atoms with E-state index in [0.29, 0.717) is 49.4 Å². The quantitative estimate of drug-likeness (QED) is 0.474. The van der Waals surface area contributed by atoms with E-state index < -0.39 is 5.97 Å². The minimum Gasteiger partial charge on any atom is -0.490 e. The number of carboxylic acids is 1. The number of hydrogen-bond donors (Lipinski definition) is 1.